The molecule has 3 rings (SSSR count). The first kappa shape index (κ1) is 25.2. The molecule has 1 heterocycles. The zero-order valence-electron chi connectivity index (χ0n) is 18.9. The predicted octanol–water partition coefficient (Wildman–Crippen LogP) is 5.59. The minimum Gasteiger partial charge on any atom is -0.493 e. The maximum Gasteiger partial charge on any atom is 0.387 e. The van der Waals surface area contributed by atoms with E-state index in [1.54, 1.807) is 48.7 Å². The Morgan fingerprint density at radius 2 is 1.91 bits per heavy atom. The summed E-state index contributed by atoms with van der Waals surface area (Å²) in [5, 5.41) is 4.85. The quantitative estimate of drug-likeness (QED) is 0.382. The van der Waals surface area contributed by atoms with Crippen molar-refractivity contribution in [2.45, 2.75) is 32.4 Å². The highest BCUT2D eigenvalue weighted by molar-refractivity contribution is 7.09. The summed E-state index contributed by atoms with van der Waals surface area (Å²) in [7, 11) is 2.97. The Hall–Kier alpha value is -3.46. The highest BCUT2D eigenvalue weighted by atomic mass is 32.1. The lowest BCUT2D eigenvalue weighted by Crippen LogP contribution is -2.26. The molecule has 2 aromatic carbocycles. The number of hydrogen-bond acceptors (Lipinski definition) is 5. The van der Waals surface area contributed by atoms with Crippen LogP contribution in [0.15, 0.2) is 60.0 Å². The number of benzene rings is 2. The number of nitrogens with one attached hydrogen (secondary N) is 1. The maximum absolute atomic E-state index is 12.9. The van der Waals surface area contributed by atoms with E-state index in [4.69, 9.17) is 4.74 Å². The van der Waals surface area contributed by atoms with E-state index in [-0.39, 0.29) is 29.9 Å². The smallest absolute Gasteiger partial charge is 0.387 e. The molecule has 0 unspecified atom stereocenters. The summed E-state index contributed by atoms with van der Waals surface area (Å²) in [6.07, 6.45) is 1.98. The first-order valence-electron chi connectivity index (χ1n) is 10.6. The van der Waals surface area contributed by atoms with Crippen molar-refractivity contribution in [3.63, 3.8) is 0 Å². The van der Waals surface area contributed by atoms with Gasteiger partial charge in [-0.3, -0.25) is 9.59 Å². The van der Waals surface area contributed by atoms with Crippen molar-refractivity contribution in [2.75, 3.05) is 19.5 Å². The lowest BCUT2D eigenvalue weighted by Gasteiger charge is -2.19. The highest BCUT2D eigenvalue weighted by Gasteiger charge is 2.16. The number of methoxy groups -OCH3 is 1. The molecule has 0 bridgehead atoms. The lowest BCUT2D eigenvalue weighted by atomic mass is 10.1. The molecule has 0 spiro atoms. The summed E-state index contributed by atoms with van der Waals surface area (Å²) in [5.74, 6) is -0.309. The number of amides is 2. The number of rotatable bonds is 11. The van der Waals surface area contributed by atoms with Crippen molar-refractivity contribution in [1.82, 2.24) is 4.90 Å². The van der Waals surface area contributed by atoms with E-state index in [9.17, 15) is 18.4 Å². The fraction of sp³-hybridized carbons (Fsp3) is 0.280. The summed E-state index contributed by atoms with van der Waals surface area (Å²) >= 11 is 1.67. The van der Waals surface area contributed by atoms with Gasteiger partial charge >= 0.3 is 6.61 Å². The number of nitrogens with zero attached hydrogens (tertiary/aromatic N) is 1. The largest absolute Gasteiger partial charge is 0.493 e. The second-order valence-corrected chi connectivity index (χ2v) is 8.62. The fourth-order valence-corrected chi connectivity index (χ4v) is 4.16. The molecule has 0 saturated heterocycles. The third-order valence-corrected chi connectivity index (χ3v) is 5.95. The molecule has 0 fully saturated rings. The van der Waals surface area contributed by atoms with E-state index in [2.05, 4.69) is 10.1 Å². The van der Waals surface area contributed by atoms with Crippen LogP contribution in [0.25, 0.3) is 0 Å². The Balaban J connectivity index is 1.59. The van der Waals surface area contributed by atoms with Crippen LogP contribution >= 0.6 is 11.3 Å². The molecular weight excluding hydrogens is 462 g/mol. The number of hydrogen-bond donors (Lipinski definition) is 1. The van der Waals surface area contributed by atoms with Gasteiger partial charge in [0, 0.05) is 36.1 Å². The zero-order chi connectivity index (χ0) is 24.5. The van der Waals surface area contributed by atoms with Crippen molar-refractivity contribution in [3.8, 4) is 11.5 Å². The summed E-state index contributed by atoms with van der Waals surface area (Å²) in [6, 6.07) is 15.3. The molecule has 0 radical (unpaired) electrons. The molecule has 2 amide bonds. The molecule has 0 aliphatic carbocycles. The number of aryl methyl sites for hydroxylation is 1. The van der Waals surface area contributed by atoms with Gasteiger partial charge in [0.15, 0.2) is 11.5 Å². The van der Waals surface area contributed by atoms with E-state index in [1.807, 2.05) is 17.5 Å². The SMILES string of the molecule is COc1ccc(CN(C)C(=O)c2cccc(NC(=O)CCCc3cccs3)c2)cc1OC(F)F. The normalized spacial score (nSPS) is 10.7. The number of ether oxygens (including phenoxy) is 2. The van der Waals surface area contributed by atoms with Crippen LogP contribution in [0.3, 0.4) is 0 Å². The van der Waals surface area contributed by atoms with Gasteiger partial charge in [0.25, 0.3) is 5.91 Å². The van der Waals surface area contributed by atoms with Gasteiger partial charge in [0.1, 0.15) is 0 Å². The summed E-state index contributed by atoms with van der Waals surface area (Å²) in [6.45, 7) is -2.82. The minimum absolute atomic E-state index is 0.0976. The molecule has 180 valence electrons. The molecule has 1 aromatic heterocycles. The number of halogens is 2. The molecule has 0 aliphatic heterocycles. The summed E-state index contributed by atoms with van der Waals surface area (Å²) < 4.78 is 34.9. The maximum atomic E-state index is 12.9. The number of thiophene rings is 1. The second-order valence-electron chi connectivity index (χ2n) is 7.59. The molecule has 3 aromatic rings. The Bertz CT molecular complexity index is 1110. The Morgan fingerprint density at radius 1 is 1.09 bits per heavy atom. The third kappa shape index (κ3) is 7.28. The fourth-order valence-electron chi connectivity index (χ4n) is 3.41. The number of alkyl halides is 2. The highest BCUT2D eigenvalue weighted by Crippen LogP contribution is 2.30. The first-order chi connectivity index (χ1) is 16.4. The average Bonchev–Trinajstić information content (AvgIpc) is 3.32. The summed E-state index contributed by atoms with van der Waals surface area (Å²) in [5.41, 5.74) is 1.54. The molecule has 6 nitrogen and oxygen atoms in total. The van der Waals surface area contributed by atoms with Crippen molar-refractivity contribution >= 4 is 28.8 Å². The van der Waals surface area contributed by atoms with Gasteiger partial charge in [0.05, 0.1) is 7.11 Å². The monoisotopic (exact) mass is 488 g/mol. The van der Waals surface area contributed by atoms with Crippen LogP contribution in [0, 0.1) is 0 Å². The molecule has 34 heavy (non-hydrogen) atoms. The number of anilines is 1. The summed E-state index contributed by atoms with van der Waals surface area (Å²) in [4.78, 5) is 27.9. The van der Waals surface area contributed by atoms with Gasteiger partial charge in [0.2, 0.25) is 5.91 Å². The van der Waals surface area contributed by atoms with Gasteiger partial charge in [-0.05, 0) is 60.2 Å². The molecular formula is C25H26F2N2O4S. The van der Waals surface area contributed by atoms with Crippen molar-refractivity contribution < 1.29 is 27.8 Å². The van der Waals surface area contributed by atoms with Crippen LogP contribution < -0.4 is 14.8 Å². The minimum atomic E-state index is -2.99. The van der Waals surface area contributed by atoms with Gasteiger partial charge < -0.3 is 19.7 Å². The number of carbonyl (C=O) groups is 2. The van der Waals surface area contributed by atoms with Crippen LogP contribution in [-0.2, 0) is 17.8 Å². The van der Waals surface area contributed by atoms with Crippen molar-refractivity contribution in [3.05, 3.63) is 76.0 Å². The van der Waals surface area contributed by atoms with E-state index in [0.717, 1.165) is 12.8 Å². The third-order valence-electron chi connectivity index (χ3n) is 5.01. The predicted molar refractivity (Wildman–Crippen MR) is 128 cm³/mol. The molecule has 1 N–H and O–H groups in total. The molecule has 9 heteroatoms. The molecule has 0 aliphatic rings. The van der Waals surface area contributed by atoms with E-state index in [0.29, 0.717) is 23.2 Å². The van der Waals surface area contributed by atoms with Gasteiger partial charge in [-0.15, -0.1) is 11.3 Å². The van der Waals surface area contributed by atoms with E-state index in [1.165, 1.54) is 29.0 Å². The Morgan fingerprint density at radius 3 is 2.62 bits per heavy atom. The second kappa shape index (κ2) is 12.1. The standard InChI is InChI=1S/C25H26F2N2O4S/c1-29(16-17-11-12-21(32-2)22(14-17)33-25(26)27)24(31)18-6-3-7-19(15-18)28-23(30)10-4-8-20-9-5-13-34-20/h3,5-7,9,11-15,25H,4,8,10,16H2,1-2H3,(H,28,30). The van der Waals surface area contributed by atoms with Crippen molar-refractivity contribution in [1.29, 1.82) is 0 Å². The van der Waals surface area contributed by atoms with Gasteiger partial charge in [-0.1, -0.05) is 18.2 Å². The van der Waals surface area contributed by atoms with E-state index >= 15 is 0 Å². The average molecular weight is 489 g/mol. The zero-order valence-corrected chi connectivity index (χ0v) is 19.7. The van der Waals surface area contributed by atoms with Crippen molar-refractivity contribution in [2.24, 2.45) is 0 Å². The lowest BCUT2D eigenvalue weighted by molar-refractivity contribution is -0.116. The van der Waals surface area contributed by atoms with Crippen LogP contribution in [0.4, 0.5) is 14.5 Å². The van der Waals surface area contributed by atoms with Gasteiger partial charge in [-0.2, -0.15) is 8.78 Å². The number of carbonyl (C=O) groups excluding carboxylic acids is 2. The van der Waals surface area contributed by atoms with Crippen LogP contribution in [0.5, 0.6) is 11.5 Å². The topological polar surface area (TPSA) is 67.9 Å². The Kier molecular flexibility index (Phi) is 8.98. The molecule has 0 saturated carbocycles. The van der Waals surface area contributed by atoms with Crippen LogP contribution in [0.1, 0.15) is 33.6 Å². The first-order valence-corrected chi connectivity index (χ1v) is 11.5. The van der Waals surface area contributed by atoms with E-state index < -0.39 is 6.61 Å². The van der Waals surface area contributed by atoms with Crippen LogP contribution in [-0.4, -0.2) is 37.5 Å². The van der Waals surface area contributed by atoms with Gasteiger partial charge in [-0.25, -0.2) is 0 Å². The van der Waals surface area contributed by atoms with Crippen LogP contribution in [0.2, 0.25) is 0 Å². The Labute approximate surface area is 201 Å². The molecule has 0 atom stereocenters.